The third-order valence-corrected chi connectivity index (χ3v) is 2.76. The lowest BCUT2D eigenvalue weighted by Crippen LogP contribution is -2.03. The maximum absolute atomic E-state index is 12.3. The Hall–Kier alpha value is -2.34. The number of rotatable bonds is 2. The lowest BCUT2D eigenvalue weighted by molar-refractivity contribution is 0.103. The van der Waals surface area contributed by atoms with Gasteiger partial charge in [-0.15, -0.1) is 0 Å². The number of ketones is 1. The van der Waals surface area contributed by atoms with Gasteiger partial charge in [0, 0.05) is 25.2 Å². The minimum absolute atomic E-state index is 0.0587. The van der Waals surface area contributed by atoms with Gasteiger partial charge in [-0.2, -0.15) is 5.26 Å². The molecular formula is C14H12N2O. The van der Waals surface area contributed by atoms with Gasteiger partial charge in [-0.1, -0.05) is 30.3 Å². The van der Waals surface area contributed by atoms with Gasteiger partial charge in [0.25, 0.3) is 0 Å². The molecule has 3 heteroatoms. The number of hydrogen-bond acceptors (Lipinski definition) is 2. The van der Waals surface area contributed by atoms with Gasteiger partial charge in [-0.25, -0.2) is 0 Å². The first-order chi connectivity index (χ1) is 8.69. The Morgan fingerprint density at radius 1 is 1.41 bits per heavy atom. The average molecular weight is 225 g/mol. The molecule has 0 aliphatic carbocycles. The quantitative estimate of drug-likeness (QED) is 0.737. The SMILES string of the molecule is [2H]Cn1c(C#N)cc(C(=O)c2ccccc2)c1C. The van der Waals surface area contributed by atoms with E-state index >= 15 is 0 Å². The number of aromatic nitrogens is 1. The van der Waals surface area contributed by atoms with Crippen molar-refractivity contribution in [2.45, 2.75) is 6.92 Å². The molecule has 17 heavy (non-hydrogen) atoms. The monoisotopic (exact) mass is 225 g/mol. The lowest BCUT2D eigenvalue weighted by Gasteiger charge is -2.01. The Balaban J connectivity index is 2.50. The van der Waals surface area contributed by atoms with Crippen molar-refractivity contribution < 1.29 is 6.17 Å². The van der Waals surface area contributed by atoms with Crippen LogP contribution in [0.3, 0.4) is 0 Å². The van der Waals surface area contributed by atoms with Gasteiger partial charge in [-0.05, 0) is 13.0 Å². The fraction of sp³-hybridized carbons (Fsp3) is 0.143. The van der Waals surface area contributed by atoms with Crippen molar-refractivity contribution in [1.82, 2.24) is 4.57 Å². The molecule has 1 aromatic carbocycles. The summed E-state index contributed by atoms with van der Waals surface area (Å²) in [5.74, 6) is -0.114. The third-order valence-electron chi connectivity index (χ3n) is 2.76. The predicted octanol–water partition coefficient (Wildman–Crippen LogP) is 2.44. The van der Waals surface area contributed by atoms with Crippen molar-refractivity contribution in [1.29, 1.82) is 5.26 Å². The van der Waals surface area contributed by atoms with E-state index < -0.39 is 0 Å². The summed E-state index contributed by atoms with van der Waals surface area (Å²) in [6.07, 6.45) is 0. The number of nitrogens with zero attached hydrogens (tertiary/aromatic N) is 2. The highest BCUT2D eigenvalue weighted by molar-refractivity contribution is 6.10. The summed E-state index contributed by atoms with van der Waals surface area (Å²) in [5.41, 5.74) is 2.09. The summed E-state index contributed by atoms with van der Waals surface area (Å²) < 4.78 is 8.91. The van der Waals surface area contributed by atoms with E-state index in [0.29, 0.717) is 22.5 Å². The molecule has 0 fully saturated rings. The van der Waals surface area contributed by atoms with Gasteiger partial charge in [-0.3, -0.25) is 4.79 Å². The molecule has 84 valence electrons. The molecule has 2 rings (SSSR count). The lowest BCUT2D eigenvalue weighted by atomic mass is 10.0. The molecule has 0 bridgehead atoms. The topological polar surface area (TPSA) is 45.8 Å². The zero-order valence-corrected chi connectivity index (χ0v) is 9.47. The Morgan fingerprint density at radius 2 is 2.12 bits per heavy atom. The van der Waals surface area contributed by atoms with Gasteiger partial charge in [0.05, 0.1) is 0 Å². The van der Waals surface area contributed by atoms with Crippen LogP contribution in [0.1, 0.15) is 28.7 Å². The molecule has 0 radical (unpaired) electrons. The molecule has 0 amide bonds. The molecule has 1 aromatic heterocycles. The van der Waals surface area contributed by atoms with Crippen LogP contribution in [-0.2, 0) is 7.02 Å². The second-order valence-electron chi connectivity index (χ2n) is 3.76. The van der Waals surface area contributed by atoms with Crippen LogP contribution in [0.5, 0.6) is 0 Å². The first-order valence-electron chi connectivity index (χ1n) is 5.89. The minimum atomic E-state index is -0.114. The normalized spacial score (nSPS) is 10.7. The average Bonchev–Trinajstić information content (AvgIpc) is 2.75. The molecular weight excluding hydrogens is 212 g/mol. The largest absolute Gasteiger partial charge is 0.339 e. The van der Waals surface area contributed by atoms with Gasteiger partial charge in [0.1, 0.15) is 11.8 Å². The van der Waals surface area contributed by atoms with Crippen LogP contribution in [0.15, 0.2) is 36.4 Å². The number of hydrogen-bond donors (Lipinski definition) is 0. The Kier molecular flexibility index (Phi) is 2.47. The zero-order valence-electron chi connectivity index (χ0n) is 10.5. The van der Waals surface area contributed by atoms with Crippen molar-refractivity contribution in [3.63, 3.8) is 0 Å². The maximum Gasteiger partial charge on any atom is 0.194 e. The van der Waals surface area contributed by atoms with Gasteiger partial charge in [0.15, 0.2) is 5.78 Å². The summed E-state index contributed by atoms with van der Waals surface area (Å²) in [6, 6.07) is 12.5. The minimum Gasteiger partial charge on any atom is -0.339 e. The van der Waals surface area contributed by atoms with E-state index in [2.05, 4.69) is 0 Å². The molecule has 2 aromatic rings. The van der Waals surface area contributed by atoms with Crippen LogP contribution in [-0.4, -0.2) is 10.4 Å². The maximum atomic E-state index is 12.3. The molecule has 0 aliphatic rings. The number of carbonyl (C=O) groups is 1. The van der Waals surface area contributed by atoms with Crippen LogP contribution in [0.25, 0.3) is 0 Å². The van der Waals surface area contributed by atoms with Gasteiger partial charge < -0.3 is 4.57 Å². The van der Waals surface area contributed by atoms with E-state index in [1.165, 1.54) is 4.57 Å². The van der Waals surface area contributed by atoms with Crippen molar-refractivity contribution in [2.75, 3.05) is 0 Å². The molecule has 0 N–H and O–H groups in total. The van der Waals surface area contributed by atoms with Crippen molar-refractivity contribution in [2.24, 2.45) is 7.02 Å². The zero-order chi connectivity index (χ0) is 13.1. The van der Waals surface area contributed by atoms with Crippen LogP contribution in [0.4, 0.5) is 0 Å². The summed E-state index contributed by atoms with van der Waals surface area (Å²) in [5, 5.41) is 8.97. The second-order valence-corrected chi connectivity index (χ2v) is 3.76. The van der Waals surface area contributed by atoms with E-state index in [1.807, 2.05) is 12.1 Å². The van der Waals surface area contributed by atoms with Crippen molar-refractivity contribution >= 4 is 5.78 Å². The molecule has 1 heterocycles. The molecule has 0 spiro atoms. The molecule has 3 nitrogen and oxygen atoms in total. The van der Waals surface area contributed by atoms with E-state index in [0.717, 1.165) is 0 Å². The first kappa shape index (κ1) is 9.86. The highest BCUT2D eigenvalue weighted by atomic mass is 16.1. The molecule has 0 unspecified atom stereocenters. The summed E-state index contributed by atoms with van der Waals surface area (Å²) in [6.45, 7) is 1.76. The van der Waals surface area contributed by atoms with Gasteiger partial charge in [0.2, 0.25) is 0 Å². The Morgan fingerprint density at radius 3 is 2.65 bits per heavy atom. The third kappa shape index (κ3) is 1.85. The predicted molar refractivity (Wildman–Crippen MR) is 64.7 cm³/mol. The fourth-order valence-electron chi connectivity index (χ4n) is 1.71. The van der Waals surface area contributed by atoms with E-state index in [9.17, 15) is 4.79 Å². The molecule has 0 atom stereocenters. The van der Waals surface area contributed by atoms with Crippen molar-refractivity contribution in [3.8, 4) is 6.07 Å². The van der Waals surface area contributed by atoms with Crippen molar-refractivity contribution in [3.05, 3.63) is 58.9 Å². The number of benzene rings is 1. The second kappa shape index (κ2) is 4.26. The molecule has 0 saturated heterocycles. The highest BCUT2D eigenvalue weighted by Crippen LogP contribution is 2.17. The smallest absolute Gasteiger partial charge is 0.194 e. The van der Waals surface area contributed by atoms with E-state index in [1.54, 1.807) is 37.3 Å². The number of carbonyl (C=O) groups excluding carboxylic acids is 1. The van der Waals surface area contributed by atoms with Crippen LogP contribution >= 0.6 is 0 Å². The summed E-state index contributed by atoms with van der Waals surface area (Å²) in [7, 11) is -0.0587. The standard InChI is InChI=1S/C14H12N2O/c1-10-13(8-12(9-15)16(10)2)14(17)11-6-4-3-5-7-11/h3-8H,1-2H3/i2D. The van der Waals surface area contributed by atoms with E-state index in [4.69, 9.17) is 6.63 Å². The Labute approximate surface area is 101 Å². The van der Waals surface area contributed by atoms with Gasteiger partial charge >= 0.3 is 0 Å². The summed E-state index contributed by atoms with van der Waals surface area (Å²) in [4.78, 5) is 12.3. The van der Waals surface area contributed by atoms with E-state index in [-0.39, 0.29) is 12.8 Å². The fourth-order valence-corrected chi connectivity index (χ4v) is 1.71. The Bertz CT molecular complexity index is 623. The van der Waals surface area contributed by atoms with Crippen LogP contribution in [0, 0.1) is 18.3 Å². The van der Waals surface area contributed by atoms with Crippen LogP contribution < -0.4 is 0 Å². The molecule has 0 aliphatic heterocycles. The summed E-state index contributed by atoms with van der Waals surface area (Å²) >= 11 is 0. The molecule has 0 saturated carbocycles. The number of nitriles is 1. The van der Waals surface area contributed by atoms with Crippen LogP contribution in [0.2, 0.25) is 0 Å². The first-order valence-corrected chi connectivity index (χ1v) is 5.18. The highest BCUT2D eigenvalue weighted by Gasteiger charge is 2.16.